The van der Waals surface area contributed by atoms with Crippen molar-refractivity contribution in [2.24, 2.45) is 0 Å². The molecule has 1 aliphatic heterocycles. The lowest BCUT2D eigenvalue weighted by Gasteiger charge is -2.35. The monoisotopic (exact) mass is 368 g/mol. The Kier molecular flexibility index (Phi) is 5.17. The number of ketones is 1. The van der Waals surface area contributed by atoms with Gasteiger partial charge in [-0.25, -0.2) is 4.79 Å². The first-order chi connectivity index (χ1) is 12.8. The number of anilines is 1. The quantitative estimate of drug-likeness (QED) is 0.663. The van der Waals surface area contributed by atoms with Gasteiger partial charge in [0.2, 0.25) is 0 Å². The molecule has 1 atom stereocenters. The van der Waals surface area contributed by atoms with Gasteiger partial charge < -0.3 is 14.6 Å². The molecule has 1 aromatic heterocycles. The highest BCUT2D eigenvalue weighted by atomic mass is 16.5. The summed E-state index contributed by atoms with van der Waals surface area (Å²) >= 11 is 0. The predicted molar refractivity (Wildman–Crippen MR) is 102 cm³/mol. The van der Waals surface area contributed by atoms with E-state index in [-0.39, 0.29) is 30.0 Å². The average molecular weight is 368 g/mol. The third kappa shape index (κ3) is 3.52. The van der Waals surface area contributed by atoms with Gasteiger partial charge in [-0.1, -0.05) is 18.2 Å². The fourth-order valence-electron chi connectivity index (χ4n) is 3.82. The van der Waals surface area contributed by atoms with Crippen LogP contribution in [0.25, 0.3) is 0 Å². The molecule has 1 unspecified atom stereocenters. The second-order valence-corrected chi connectivity index (χ2v) is 7.04. The SMILES string of the molecule is CC(=O)c1c(C)[nH]c(C(=O)OCC(=O)N2c3ccccc3CCC2C)c1C. The Bertz CT molecular complexity index is 913. The van der Waals surface area contributed by atoms with E-state index in [1.807, 2.05) is 31.2 Å². The highest BCUT2D eigenvalue weighted by Gasteiger charge is 2.29. The van der Waals surface area contributed by atoms with E-state index in [4.69, 9.17) is 4.74 Å². The van der Waals surface area contributed by atoms with Crippen LogP contribution in [0.2, 0.25) is 0 Å². The van der Waals surface area contributed by atoms with Gasteiger partial charge in [0.1, 0.15) is 5.69 Å². The number of nitrogens with zero attached hydrogens (tertiary/aromatic N) is 1. The van der Waals surface area contributed by atoms with Gasteiger partial charge in [0.05, 0.1) is 0 Å². The van der Waals surface area contributed by atoms with Crippen LogP contribution in [-0.2, 0) is 16.0 Å². The predicted octanol–water partition coefficient (Wildman–Crippen LogP) is 3.36. The number of amides is 1. The van der Waals surface area contributed by atoms with Crippen molar-refractivity contribution >= 4 is 23.3 Å². The minimum Gasteiger partial charge on any atom is -0.451 e. The number of rotatable bonds is 4. The Balaban J connectivity index is 1.74. The minimum absolute atomic E-state index is 0.0462. The smallest absolute Gasteiger partial charge is 0.355 e. The number of ether oxygens (including phenoxy) is 1. The summed E-state index contributed by atoms with van der Waals surface area (Å²) in [6, 6.07) is 7.84. The lowest BCUT2D eigenvalue weighted by Crippen LogP contribution is -2.44. The summed E-state index contributed by atoms with van der Waals surface area (Å²) in [5.41, 5.74) is 3.88. The molecule has 0 saturated carbocycles. The van der Waals surface area contributed by atoms with Gasteiger partial charge in [-0.15, -0.1) is 0 Å². The van der Waals surface area contributed by atoms with Crippen molar-refractivity contribution < 1.29 is 19.1 Å². The van der Waals surface area contributed by atoms with Crippen molar-refractivity contribution in [3.05, 3.63) is 52.3 Å². The molecule has 1 aromatic carbocycles. The Hall–Kier alpha value is -2.89. The molecule has 3 rings (SSSR count). The summed E-state index contributed by atoms with van der Waals surface area (Å²) in [5, 5.41) is 0. The van der Waals surface area contributed by atoms with Crippen LogP contribution in [-0.4, -0.2) is 35.3 Å². The van der Waals surface area contributed by atoms with Crippen molar-refractivity contribution in [3.63, 3.8) is 0 Å². The topological polar surface area (TPSA) is 79.5 Å². The molecule has 2 aromatic rings. The number of aromatic nitrogens is 1. The summed E-state index contributed by atoms with van der Waals surface area (Å²) in [6.07, 6.45) is 1.79. The zero-order chi connectivity index (χ0) is 19.7. The van der Waals surface area contributed by atoms with Gasteiger partial charge in [0.15, 0.2) is 12.4 Å². The van der Waals surface area contributed by atoms with E-state index in [0.717, 1.165) is 24.1 Å². The van der Waals surface area contributed by atoms with Crippen LogP contribution in [0.15, 0.2) is 24.3 Å². The largest absolute Gasteiger partial charge is 0.451 e. The van der Waals surface area contributed by atoms with Crippen LogP contribution in [0.1, 0.15) is 57.9 Å². The van der Waals surface area contributed by atoms with Crippen LogP contribution in [0.5, 0.6) is 0 Å². The van der Waals surface area contributed by atoms with Crippen LogP contribution >= 0.6 is 0 Å². The number of aromatic amines is 1. The van der Waals surface area contributed by atoms with Crippen LogP contribution in [0.4, 0.5) is 5.69 Å². The summed E-state index contributed by atoms with van der Waals surface area (Å²) in [6.45, 7) is 6.54. The average Bonchev–Trinajstić information content (AvgIpc) is 2.93. The Morgan fingerprint density at radius 3 is 2.59 bits per heavy atom. The maximum absolute atomic E-state index is 12.8. The van der Waals surface area contributed by atoms with Crippen molar-refractivity contribution in [2.45, 2.75) is 46.6 Å². The molecule has 0 fully saturated rings. The fraction of sp³-hybridized carbons (Fsp3) is 0.381. The third-order valence-electron chi connectivity index (χ3n) is 5.11. The zero-order valence-electron chi connectivity index (χ0n) is 16.1. The molecule has 27 heavy (non-hydrogen) atoms. The number of aryl methyl sites for hydroxylation is 2. The van der Waals surface area contributed by atoms with E-state index in [2.05, 4.69) is 4.98 Å². The van der Waals surface area contributed by atoms with Crippen LogP contribution in [0, 0.1) is 13.8 Å². The van der Waals surface area contributed by atoms with E-state index < -0.39 is 5.97 Å². The van der Waals surface area contributed by atoms with Crippen LogP contribution < -0.4 is 4.90 Å². The van der Waals surface area contributed by atoms with Gasteiger partial charge in [-0.05, 0) is 57.7 Å². The Morgan fingerprint density at radius 1 is 1.22 bits per heavy atom. The number of carbonyl (C=O) groups excluding carboxylic acids is 3. The minimum atomic E-state index is -0.630. The van der Waals surface area contributed by atoms with Crippen molar-refractivity contribution in [2.75, 3.05) is 11.5 Å². The zero-order valence-corrected chi connectivity index (χ0v) is 16.1. The molecule has 6 nitrogen and oxygen atoms in total. The number of hydrogen-bond donors (Lipinski definition) is 1. The molecule has 0 saturated heterocycles. The molecule has 0 spiro atoms. The molecule has 2 heterocycles. The van der Waals surface area contributed by atoms with Crippen molar-refractivity contribution in [3.8, 4) is 0 Å². The van der Waals surface area contributed by atoms with E-state index in [0.29, 0.717) is 16.8 Å². The molecular formula is C21H24N2O4. The second-order valence-electron chi connectivity index (χ2n) is 7.04. The molecule has 142 valence electrons. The van der Waals surface area contributed by atoms with Gasteiger partial charge in [-0.2, -0.15) is 0 Å². The molecule has 0 aliphatic carbocycles. The van der Waals surface area contributed by atoms with Gasteiger partial charge in [-0.3, -0.25) is 9.59 Å². The molecule has 0 radical (unpaired) electrons. The fourth-order valence-corrected chi connectivity index (χ4v) is 3.82. The maximum atomic E-state index is 12.8. The number of fused-ring (bicyclic) bond motifs is 1. The van der Waals surface area contributed by atoms with Crippen LogP contribution in [0.3, 0.4) is 0 Å². The van der Waals surface area contributed by atoms with E-state index in [1.165, 1.54) is 6.92 Å². The highest BCUT2D eigenvalue weighted by molar-refractivity contribution is 6.02. The second kappa shape index (κ2) is 7.39. The van der Waals surface area contributed by atoms with E-state index in [9.17, 15) is 14.4 Å². The van der Waals surface area contributed by atoms with Crippen molar-refractivity contribution in [1.82, 2.24) is 4.98 Å². The summed E-state index contributed by atoms with van der Waals surface area (Å²) in [5.74, 6) is -1.000. The molecule has 1 aliphatic rings. The van der Waals surface area contributed by atoms with Gasteiger partial charge >= 0.3 is 5.97 Å². The molecular weight excluding hydrogens is 344 g/mol. The number of para-hydroxylation sites is 1. The summed E-state index contributed by atoms with van der Waals surface area (Å²) in [4.78, 5) is 41.5. The first-order valence-electron chi connectivity index (χ1n) is 9.08. The lowest BCUT2D eigenvalue weighted by molar-refractivity contribution is -0.122. The van der Waals surface area contributed by atoms with Gasteiger partial charge in [0.25, 0.3) is 5.91 Å². The maximum Gasteiger partial charge on any atom is 0.355 e. The first kappa shape index (κ1) is 18.9. The van der Waals surface area contributed by atoms with Gasteiger partial charge in [0, 0.05) is 23.0 Å². The third-order valence-corrected chi connectivity index (χ3v) is 5.11. The summed E-state index contributed by atoms with van der Waals surface area (Å²) < 4.78 is 5.26. The van der Waals surface area contributed by atoms with E-state index in [1.54, 1.807) is 18.7 Å². The lowest BCUT2D eigenvalue weighted by atomic mass is 9.96. The molecule has 1 amide bonds. The standard InChI is InChI=1S/C21H24N2O4/c1-12-9-10-16-7-5-6-8-17(16)23(12)18(25)11-27-21(26)20-13(2)19(15(4)24)14(3)22-20/h5-8,12,22H,9-11H2,1-4H3. The number of carbonyl (C=O) groups is 3. The normalized spacial score (nSPS) is 16.0. The number of benzene rings is 1. The first-order valence-corrected chi connectivity index (χ1v) is 9.08. The molecule has 0 bridgehead atoms. The summed E-state index contributed by atoms with van der Waals surface area (Å²) in [7, 11) is 0. The number of nitrogens with one attached hydrogen (secondary N) is 1. The molecule has 1 N–H and O–H groups in total. The highest BCUT2D eigenvalue weighted by Crippen LogP contribution is 2.30. The Labute approximate surface area is 158 Å². The Morgan fingerprint density at radius 2 is 1.93 bits per heavy atom. The number of hydrogen-bond acceptors (Lipinski definition) is 4. The number of Topliss-reactive ketones (excluding diaryl/α,β-unsaturated/α-hetero) is 1. The molecule has 6 heteroatoms. The van der Waals surface area contributed by atoms with Crippen molar-refractivity contribution in [1.29, 1.82) is 0 Å². The number of esters is 1. The van der Waals surface area contributed by atoms with E-state index >= 15 is 0 Å². The number of H-pyrrole nitrogens is 1.